The van der Waals surface area contributed by atoms with Crippen molar-refractivity contribution in [3.8, 4) is 0 Å². The van der Waals surface area contributed by atoms with Gasteiger partial charge in [-0.3, -0.25) is 0 Å². The largest absolute Gasteiger partial charge is 0.397 e. The summed E-state index contributed by atoms with van der Waals surface area (Å²) in [4.78, 5) is 0. The van der Waals surface area contributed by atoms with Crippen molar-refractivity contribution in [2.45, 2.75) is 40.5 Å². The second-order valence-electron chi connectivity index (χ2n) is 4.20. The molecule has 1 aromatic heterocycles. The maximum atomic E-state index is 5.89. The summed E-state index contributed by atoms with van der Waals surface area (Å²) < 4.78 is 0. The lowest BCUT2D eigenvalue weighted by Gasteiger charge is -2.09. The molecule has 0 radical (unpaired) electrons. The molecule has 0 saturated heterocycles. The first-order valence-corrected chi connectivity index (χ1v) is 5.10. The van der Waals surface area contributed by atoms with E-state index in [4.69, 9.17) is 5.73 Å². The lowest BCUT2D eigenvalue weighted by molar-refractivity contribution is 0.577. The highest BCUT2D eigenvalue weighted by Gasteiger charge is 2.07. The number of aryl methyl sites for hydroxylation is 2. The van der Waals surface area contributed by atoms with Crippen molar-refractivity contribution in [3.63, 3.8) is 0 Å². The van der Waals surface area contributed by atoms with Gasteiger partial charge in [0.2, 0.25) is 0 Å². The fraction of sp³-hybridized carbons (Fsp3) is 0.636. The smallest absolute Gasteiger partial charge is 0.0831 e. The average molecular weight is 193 g/mol. The van der Waals surface area contributed by atoms with E-state index in [1.54, 1.807) is 0 Å². The van der Waals surface area contributed by atoms with Crippen LogP contribution in [0.15, 0.2) is 0 Å². The zero-order chi connectivity index (χ0) is 10.7. The number of nitrogen functional groups attached to an aromatic ring is 1. The van der Waals surface area contributed by atoms with Crippen LogP contribution in [0.2, 0.25) is 0 Å². The van der Waals surface area contributed by atoms with Crippen molar-refractivity contribution in [1.29, 1.82) is 0 Å². The van der Waals surface area contributed by atoms with Crippen molar-refractivity contribution in [3.05, 3.63) is 17.0 Å². The summed E-state index contributed by atoms with van der Waals surface area (Å²) in [7, 11) is 0. The number of hydrogen-bond donors (Lipinski definition) is 1. The molecule has 14 heavy (non-hydrogen) atoms. The van der Waals surface area contributed by atoms with E-state index in [9.17, 15) is 0 Å². The topological polar surface area (TPSA) is 51.8 Å². The van der Waals surface area contributed by atoms with E-state index in [0.717, 1.165) is 35.5 Å². The highest BCUT2D eigenvalue weighted by molar-refractivity contribution is 5.50. The maximum Gasteiger partial charge on any atom is 0.0831 e. The standard InChI is InChI=1S/C11H19N3/c1-7(2)5-6-10-8(3)11(12)9(4)13-14-10/h7H,5-6H2,1-4H3,(H2,12,14). The van der Waals surface area contributed by atoms with Crippen molar-refractivity contribution in [1.82, 2.24) is 10.2 Å². The van der Waals surface area contributed by atoms with E-state index < -0.39 is 0 Å². The van der Waals surface area contributed by atoms with Gasteiger partial charge in [-0.2, -0.15) is 10.2 Å². The van der Waals surface area contributed by atoms with Gasteiger partial charge in [-0.1, -0.05) is 13.8 Å². The SMILES string of the molecule is Cc1nnc(CCC(C)C)c(C)c1N. The van der Waals surface area contributed by atoms with Crippen LogP contribution >= 0.6 is 0 Å². The molecule has 78 valence electrons. The Morgan fingerprint density at radius 3 is 2.43 bits per heavy atom. The van der Waals surface area contributed by atoms with E-state index in [1.165, 1.54) is 0 Å². The quantitative estimate of drug-likeness (QED) is 0.801. The van der Waals surface area contributed by atoms with Crippen LogP contribution in [0.25, 0.3) is 0 Å². The third-order valence-electron chi connectivity index (χ3n) is 2.51. The molecule has 0 aromatic carbocycles. The van der Waals surface area contributed by atoms with Gasteiger partial charge < -0.3 is 5.73 Å². The van der Waals surface area contributed by atoms with Crippen LogP contribution in [0, 0.1) is 19.8 Å². The summed E-state index contributed by atoms with van der Waals surface area (Å²) >= 11 is 0. The molecule has 3 heteroatoms. The van der Waals surface area contributed by atoms with Crippen LogP contribution in [-0.4, -0.2) is 10.2 Å². The summed E-state index contributed by atoms with van der Waals surface area (Å²) in [5.74, 6) is 0.693. The van der Waals surface area contributed by atoms with Gasteiger partial charge in [-0.05, 0) is 38.2 Å². The van der Waals surface area contributed by atoms with E-state index in [2.05, 4.69) is 24.0 Å². The van der Waals surface area contributed by atoms with Crippen LogP contribution in [0.3, 0.4) is 0 Å². The molecular weight excluding hydrogens is 174 g/mol. The molecule has 3 nitrogen and oxygen atoms in total. The first-order valence-electron chi connectivity index (χ1n) is 5.10. The third-order valence-corrected chi connectivity index (χ3v) is 2.51. The third kappa shape index (κ3) is 2.44. The molecule has 0 amide bonds. The second kappa shape index (κ2) is 4.40. The van der Waals surface area contributed by atoms with Gasteiger partial charge in [0.25, 0.3) is 0 Å². The fourth-order valence-corrected chi connectivity index (χ4v) is 1.35. The molecule has 0 atom stereocenters. The second-order valence-corrected chi connectivity index (χ2v) is 4.20. The molecular formula is C11H19N3. The minimum Gasteiger partial charge on any atom is -0.397 e. The summed E-state index contributed by atoms with van der Waals surface area (Å²) in [5, 5.41) is 8.22. The molecule has 0 unspecified atom stereocenters. The molecule has 1 heterocycles. The van der Waals surface area contributed by atoms with Crippen molar-refractivity contribution in [2.75, 3.05) is 5.73 Å². The van der Waals surface area contributed by atoms with Gasteiger partial charge in [-0.25, -0.2) is 0 Å². The highest BCUT2D eigenvalue weighted by atomic mass is 15.1. The Hall–Kier alpha value is -1.12. The summed E-state index contributed by atoms with van der Waals surface area (Å²) in [6.45, 7) is 8.33. The number of aromatic nitrogens is 2. The number of anilines is 1. The van der Waals surface area contributed by atoms with Crippen LogP contribution in [-0.2, 0) is 6.42 Å². The van der Waals surface area contributed by atoms with Gasteiger partial charge in [-0.15, -0.1) is 0 Å². The predicted molar refractivity (Wildman–Crippen MR) is 59.1 cm³/mol. The fourth-order valence-electron chi connectivity index (χ4n) is 1.35. The normalized spacial score (nSPS) is 10.9. The Morgan fingerprint density at radius 2 is 1.86 bits per heavy atom. The van der Waals surface area contributed by atoms with E-state index >= 15 is 0 Å². The van der Waals surface area contributed by atoms with Crippen molar-refractivity contribution >= 4 is 5.69 Å². The first kappa shape index (κ1) is 11.0. The Morgan fingerprint density at radius 1 is 1.21 bits per heavy atom. The molecule has 0 saturated carbocycles. The monoisotopic (exact) mass is 193 g/mol. The maximum absolute atomic E-state index is 5.89. The van der Waals surface area contributed by atoms with E-state index in [-0.39, 0.29) is 0 Å². The molecule has 1 rings (SSSR count). The minimum atomic E-state index is 0.693. The van der Waals surface area contributed by atoms with Crippen LogP contribution in [0.1, 0.15) is 37.2 Å². The van der Waals surface area contributed by atoms with Crippen LogP contribution < -0.4 is 5.73 Å². The van der Waals surface area contributed by atoms with Gasteiger partial charge in [0.1, 0.15) is 0 Å². The zero-order valence-corrected chi connectivity index (χ0v) is 9.46. The molecule has 0 aliphatic heterocycles. The molecule has 0 aliphatic carbocycles. The van der Waals surface area contributed by atoms with Crippen molar-refractivity contribution in [2.24, 2.45) is 5.92 Å². The molecule has 2 N–H and O–H groups in total. The molecule has 1 aromatic rings. The number of hydrogen-bond acceptors (Lipinski definition) is 3. The van der Waals surface area contributed by atoms with Gasteiger partial charge in [0.15, 0.2) is 0 Å². The lowest BCUT2D eigenvalue weighted by atomic mass is 10.0. The van der Waals surface area contributed by atoms with Gasteiger partial charge >= 0.3 is 0 Å². The Kier molecular flexibility index (Phi) is 3.44. The molecule has 0 spiro atoms. The van der Waals surface area contributed by atoms with Crippen LogP contribution in [0.4, 0.5) is 5.69 Å². The Bertz CT molecular complexity index is 319. The number of rotatable bonds is 3. The van der Waals surface area contributed by atoms with Crippen molar-refractivity contribution < 1.29 is 0 Å². The predicted octanol–water partition coefficient (Wildman–Crippen LogP) is 2.26. The molecule has 0 bridgehead atoms. The number of nitrogens with zero attached hydrogens (tertiary/aromatic N) is 2. The van der Waals surface area contributed by atoms with E-state index in [1.807, 2.05) is 13.8 Å². The summed E-state index contributed by atoms with van der Waals surface area (Å²) in [5.41, 5.74) is 9.65. The summed E-state index contributed by atoms with van der Waals surface area (Å²) in [6.07, 6.45) is 2.11. The minimum absolute atomic E-state index is 0.693. The summed E-state index contributed by atoms with van der Waals surface area (Å²) in [6, 6.07) is 0. The molecule has 0 aliphatic rings. The van der Waals surface area contributed by atoms with Gasteiger partial charge in [0, 0.05) is 0 Å². The average Bonchev–Trinajstić information content (AvgIpc) is 2.13. The van der Waals surface area contributed by atoms with Gasteiger partial charge in [0.05, 0.1) is 17.1 Å². The highest BCUT2D eigenvalue weighted by Crippen LogP contribution is 2.18. The zero-order valence-electron chi connectivity index (χ0n) is 9.46. The molecule has 0 fully saturated rings. The Balaban J connectivity index is 2.83. The first-order chi connectivity index (χ1) is 6.52. The van der Waals surface area contributed by atoms with Crippen LogP contribution in [0.5, 0.6) is 0 Å². The Labute approximate surface area is 85.7 Å². The number of nitrogens with two attached hydrogens (primary N) is 1. The lowest BCUT2D eigenvalue weighted by Crippen LogP contribution is -2.06. The van der Waals surface area contributed by atoms with E-state index in [0.29, 0.717) is 5.92 Å².